The van der Waals surface area contributed by atoms with Gasteiger partial charge in [-0.25, -0.2) is 0 Å². The summed E-state index contributed by atoms with van der Waals surface area (Å²) in [5.41, 5.74) is 1.30. The van der Waals surface area contributed by atoms with Crippen molar-refractivity contribution in [2.75, 3.05) is 0 Å². The Balaban J connectivity index is 1.48. The fourth-order valence-electron chi connectivity index (χ4n) is 8.57. The van der Waals surface area contributed by atoms with E-state index in [1.807, 2.05) is 6.92 Å². The second-order valence-corrected chi connectivity index (χ2v) is 12.3. The number of hydrogen-bond acceptors (Lipinski definition) is 2. The van der Waals surface area contributed by atoms with Gasteiger partial charge in [0.2, 0.25) is 0 Å². The Bertz CT molecular complexity index is 714. The third-order valence-corrected chi connectivity index (χ3v) is 10.4. The van der Waals surface area contributed by atoms with Crippen LogP contribution in [0.5, 0.6) is 0 Å². The van der Waals surface area contributed by atoms with Crippen molar-refractivity contribution in [3.8, 4) is 0 Å². The first kappa shape index (κ1) is 23.6. The van der Waals surface area contributed by atoms with E-state index in [-0.39, 0.29) is 23.2 Å². The molecule has 0 saturated heterocycles. The van der Waals surface area contributed by atoms with Gasteiger partial charge in [-0.05, 0) is 112 Å². The summed E-state index contributed by atoms with van der Waals surface area (Å²) in [6.45, 7) is 8.92. The van der Waals surface area contributed by atoms with Gasteiger partial charge in [0.1, 0.15) is 6.10 Å². The van der Waals surface area contributed by atoms with Crippen LogP contribution in [0.15, 0.2) is 11.6 Å². The van der Waals surface area contributed by atoms with Crippen LogP contribution >= 0.6 is 0 Å². The predicted octanol–water partition coefficient (Wildman–Crippen LogP) is 6.66. The summed E-state index contributed by atoms with van der Waals surface area (Å²) >= 11 is 0. The Kier molecular flexibility index (Phi) is 5.90. The van der Waals surface area contributed by atoms with E-state index < -0.39 is 17.9 Å². The number of fused-ring (bicyclic) bond motifs is 5. The van der Waals surface area contributed by atoms with Crippen molar-refractivity contribution in [3.63, 3.8) is 0 Å². The van der Waals surface area contributed by atoms with Crippen molar-refractivity contribution < 1.29 is 23.4 Å². The van der Waals surface area contributed by atoms with E-state index in [0.717, 1.165) is 38.5 Å². The highest BCUT2D eigenvalue weighted by atomic mass is 19.4. The molecule has 0 bridgehead atoms. The Labute approximate surface area is 185 Å². The molecular formula is C26H41F3O2. The summed E-state index contributed by atoms with van der Waals surface area (Å²) in [6, 6.07) is 0. The molecule has 0 aromatic heterocycles. The van der Waals surface area contributed by atoms with Gasteiger partial charge in [0.15, 0.2) is 0 Å². The summed E-state index contributed by atoms with van der Waals surface area (Å²) in [5, 5.41) is 20.1. The molecule has 0 radical (unpaired) electrons. The fraction of sp³-hybridized carbons (Fsp3) is 0.923. The third-order valence-electron chi connectivity index (χ3n) is 10.4. The summed E-state index contributed by atoms with van der Waals surface area (Å²) in [7, 11) is 0. The highest BCUT2D eigenvalue weighted by Gasteiger charge is 2.59. The average molecular weight is 443 g/mol. The molecule has 2 nitrogen and oxygen atoms in total. The highest BCUT2D eigenvalue weighted by Crippen LogP contribution is 2.67. The topological polar surface area (TPSA) is 40.5 Å². The monoisotopic (exact) mass is 442 g/mol. The Morgan fingerprint density at radius 2 is 1.74 bits per heavy atom. The van der Waals surface area contributed by atoms with E-state index in [9.17, 15) is 23.4 Å². The lowest BCUT2D eigenvalue weighted by molar-refractivity contribution is -0.206. The van der Waals surface area contributed by atoms with Gasteiger partial charge in [0.05, 0.1) is 5.60 Å². The van der Waals surface area contributed by atoms with E-state index in [2.05, 4.69) is 26.8 Å². The minimum atomic E-state index is -4.51. The molecule has 0 aliphatic heterocycles. The van der Waals surface area contributed by atoms with Gasteiger partial charge in [-0.1, -0.05) is 32.4 Å². The molecule has 0 heterocycles. The quantitative estimate of drug-likeness (QED) is 0.478. The summed E-state index contributed by atoms with van der Waals surface area (Å²) in [4.78, 5) is 0. The largest absolute Gasteiger partial charge is 0.414 e. The van der Waals surface area contributed by atoms with Crippen molar-refractivity contribution in [1.82, 2.24) is 0 Å². The maximum Gasteiger partial charge on any atom is 0.414 e. The standard InChI is InChI=1S/C26H41F3O2/c1-16(5-10-22(30)26(27,28)29)19-8-9-20-18-7-6-17-15-23(2,31)13-14-24(17,3)21(18)11-12-25(19,20)4/h6,16,18-22,30-31H,5,7-15H2,1-4H3/t16-,18?,19-,20+,21+,22?,23+,24+,25-/m1/s1. The maximum absolute atomic E-state index is 12.8. The molecule has 0 aromatic carbocycles. The van der Waals surface area contributed by atoms with Crippen LogP contribution in [0.2, 0.25) is 0 Å². The average Bonchev–Trinajstić information content (AvgIpc) is 3.02. The molecule has 0 aromatic rings. The first-order chi connectivity index (χ1) is 14.3. The smallest absolute Gasteiger partial charge is 0.390 e. The second kappa shape index (κ2) is 7.75. The van der Waals surface area contributed by atoms with Crippen molar-refractivity contribution >= 4 is 0 Å². The number of rotatable bonds is 4. The first-order valence-electron chi connectivity index (χ1n) is 12.4. The van der Waals surface area contributed by atoms with E-state index in [4.69, 9.17) is 0 Å². The molecular weight excluding hydrogens is 401 g/mol. The molecule has 2 unspecified atom stereocenters. The van der Waals surface area contributed by atoms with Crippen molar-refractivity contribution in [3.05, 3.63) is 11.6 Å². The van der Waals surface area contributed by atoms with Crippen LogP contribution < -0.4 is 0 Å². The molecule has 178 valence electrons. The van der Waals surface area contributed by atoms with Gasteiger partial charge >= 0.3 is 6.18 Å². The molecule has 31 heavy (non-hydrogen) atoms. The lowest BCUT2D eigenvalue weighted by Gasteiger charge is -2.59. The molecule has 0 amide bonds. The van der Waals surface area contributed by atoms with Crippen LogP contribution in [0.4, 0.5) is 13.2 Å². The van der Waals surface area contributed by atoms with Crippen LogP contribution in [-0.2, 0) is 0 Å². The van der Waals surface area contributed by atoms with E-state index in [1.165, 1.54) is 18.4 Å². The van der Waals surface area contributed by atoms with E-state index in [0.29, 0.717) is 30.1 Å². The number of aliphatic hydroxyl groups excluding tert-OH is 1. The van der Waals surface area contributed by atoms with Crippen LogP contribution in [0.25, 0.3) is 0 Å². The van der Waals surface area contributed by atoms with Gasteiger partial charge in [0, 0.05) is 0 Å². The van der Waals surface area contributed by atoms with Crippen molar-refractivity contribution in [1.29, 1.82) is 0 Å². The lowest BCUT2D eigenvalue weighted by atomic mass is 9.46. The Morgan fingerprint density at radius 3 is 2.42 bits per heavy atom. The molecule has 4 rings (SSSR count). The first-order valence-corrected chi connectivity index (χ1v) is 12.4. The van der Waals surface area contributed by atoms with Crippen LogP contribution in [0, 0.1) is 40.4 Å². The van der Waals surface area contributed by atoms with Crippen LogP contribution in [-0.4, -0.2) is 28.1 Å². The zero-order chi connectivity index (χ0) is 22.8. The molecule has 9 atom stereocenters. The normalized spacial score (nSPS) is 47.1. The zero-order valence-electron chi connectivity index (χ0n) is 19.6. The van der Waals surface area contributed by atoms with E-state index >= 15 is 0 Å². The number of alkyl halides is 3. The van der Waals surface area contributed by atoms with Gasteiger partial charge in [-0.3, -0.25) is 0 Å². The van der Waals surface area contributed by atoms with Crippen LogP contribution in [0.3, 0.4) is 0 Å². The minimum Gasteiger partial charge on any atom is -0.390 e. The predicted molar refractivity (Wildman–Crippen MR) is 116 cm³/mol. The molecule has 3 saturated carbocycles. The minimum absolute atomic E-state index is 0.182. The molecule has 4 aliphatic rings. The van der Waals surface area contributed by atoms with Crippen molar-refractivity contribution in [2.45, 2.75) is 110 Å². The highest BCUT2D eigenvalue weighted by molar-refractivity contribution is 5.26. The summed E-state index contributed by atoms with van der Waals surface area (Å²) in [6.07, 6.45) is 4.48. The zero-order valence-corrected chi connectivity index (χ0v) is 19.6. The molecule has 4 aliphatic carbocycles. The maximum atomic E-state index is 12.8. The second-order valence-electron chi connectivity index (χ2n) is 12.3. The van der Waals surface area contributed by atoms with Gasteiger partial charge in [-0.15, -0.1) is 0 Å². The fourth-order valence-corrected chi connectivity index (χ4v) is 8.57. The lowest BCUT2D eigenvalue weighted by Crippen LogP contribution is -2.52. The number of allylic oxidation sites excluding steroid dienone is 1. The summed E-state index contributed by atoms with van der Waals surface area (Å²) < 4.78 is 38.3. The number of aliphatic hydroxyl groups is 2. The SMILES string of the molecule is C[C@H](CCC(O)C(F)(F)F)[C@H]1CC[C@H]2C3CC=C4C[C@@](C)(O)CC[C@]4(C)[C@H]3CC[C@]12C. The van der Waals surface area contributed by atoms with Crippen LogP contribution in [0.1, 0.15) is 91.9 Å². The molecule has 5 heteroatoms. The molecule has 2 N–H and O–H groups in total. The Hall–Kier alpha value is -0.550. The third kappa shape index (κ3) is 4.00. The van der Waals surface area contributed by atoms with Gasteiger partial charge in [0.25, 0.3) is 0 Å². The number of halogens is 3. The molecule has 3 fully saturated rings. The molecule has 0 spiro atoms. The van der Waals surface area contributed by atoms with E-state index in [1.54, 1.807) is 0 Å². The summed E-state index contributed by atoms with van der Waals surface area (Å²) in [5.74, 6) is 2.63. The Morgan fingerprint density at radius 1 is 1.03 bits per heavy atom. The van der Waals surface area contributed by atoms with Gasteiger partial charge < -0.3 is 10.2 Å². The van der Waals surface area contributed by atoms with Gasteiger partial charge in [-0.2, -0.15) is 13.2 Å². The number of hydrogen-bond donors (Lipinski definition) is 2. The van der Waals surface area contributed by atoms with Crippen molar-refractivity contribution in [2.24, 2.45) is 40.4 Å².